The Balaban J connectivity index is 2.05. The molecule has 0 radical (unpaired) electrons. The van der Waals surface area contributed by atoms with Gasteiger partial charge in [-0.1, -0.05) is 25.1 Å². The van der Waals surface area contributed by atoms with Crippen LogP contribution in [0.2, 0.25) is 0 Å². The maximum atomic E-state index is 11.7. The van der Waals surface area contributed by atoms with Crippen molar-refractivity contribution >= 4 is 11.8 Å². The monoisotopic (exact) mass is 246 g/mol. The number of rotatable bonds is 4. The van der Waals surface area contributed by atoms with Crippen molar-refractivity contribution in [3.8, 4) is 0 Å². The lowest BCUT2D eigenvalue weighted by atomic mass is 9.90. The van der Waals surface area contributed by atoms with E-state index in [1.165, 1.54) is 0 Å². The third-order valence-corrected chi connectivity index (χ3v) is 3.18. The summed E-state index contributed by atoms with van der Waals surface area (Å²) >= 11 is 0. The predicted octanol–water partition coefficient (Wildman–Crippen LogP) is 1.43. The number of hydrogen-bond acceptors (Lipinski definition) is 2. The maximum Gasteiger partial charge on any atom is 0.251 e. The SMILES string of the molecule is CCCC(=O)NCC1CNC(=O)c2ccccc21. The Hall–Kier alpha value is -1.84. The van der Waals surface area contributed by atoms with Crippen LogP contribution in [0.4, 0.5) is 0 Å². The van der Waals surface area contributed by atoms with Crippen molar-refractivity contribution in [3.05, 3.63) is 35.4 Å². The Morgan fingerprint density at radius 2 is 2.22 bits per heavy atom. The topological polar surface area (TPSA) is 58.2 Å². The van der Waals surface area contributed by atoms with Crippen LogP contribution < -0.4 is 10.6 Å². The summed E-state index contributed by atoms with van der Waals surface area (Å²) in [5.41, 5.74) is 1.75. The minimum absolute atomic E-state index is 0.0262. The maximum absolute atomic E-state index is 11.7. The zero-order valence-corrected chi connectivity index (χ0v) is 10.5. The molecule has 1 atom stereocenters. The highest BCUT2D eigenvalue weighted by molar-refractivity contribution is 5.97. The van der Waals surface area contributed by atoms with Crippen LogP contribution in [0.1, 0.15) is 41.6 Å². The van der Waals surface area contributed by atoms with Crippen LogP contribution in [-0.2, 0) is 4.79 Å². The molecule has 0 fully saturated rings. The number of amides is 2. The Kier molecular flexibility index (Phi) is 3.97. The molecular weight excluding hydrogens is 228 g/mol. The molecular formula is C14H18N2O2. The molecule has 0 aliphatic carbocycles. The smallest absolute Gasteiger partial charge is 0.251 e. The normalized spacial score (nSPS) is 17.8. The van der Waals surface area contributed by atoms with Gasteiger partial charge in [0, 0.05) is 31.0 Å². The van der Waals surface area contributed by atoms with E-state index >= 15 is 0 Å². The number of fused-ring (bicyclic) bond motifs is 1. The van der Waals surface area contributed by atoms with Crippen LogP contribution >= 0.6 is 0 Å². The molecule has 0 saturated heterocycles. The van der Waals surface area contributed by atoms with Gasteiger partial charge in [0.25, 0.3) is 5.91 Å². The number of carbonyl (C=O) groups excluding carboxylic acids is 2. The highest BCUT2D eigenvalue weighted by Gasteiger charge is 2.24. The van der Waals surface area contributed by atoms with Gasteiger partial charge < -0.3 is 10.6 Å². The molecule has 2 N–H and O–H groups in total. The first-order valence-corrected chi connectivity index (χ1v) is 6.36. The Morgan fingerprint density at radius 1 is 1.44 bits per heavy atom. The summed E-state index contributed by atoms with van der Waals surface area (Å²) in [4.78, 5) is 23.1. The summed E-state index contributed by atoms with van der Waals surface area (Å²) in [5.74, 6) is 0.216. The van der Waals surface area contributed by atoms with Crippen LogP contribution in [-0.4, -0.2) is 24.9 Å². The van der Waals surface area contributed by atoms with Crippen LogP contribution in [0.15, 0.2) is 24.3 Å². The summed E-state index contributed by atoms with van der Waals surface area (Å²) in [6, 6.07) is 7.57. The highest BCUT2D eigenvalue weighted by Crippen LogP contribution is 2.22. The molecule has 1 aromatic carbocycles. The average molecular weight is 246 g/mol. The van der Waals surface area contributed by atoms with E-state index in [0.717, 1.165) is 17.5 Å². The fourth-order valence-corrected chi connectivity index (χ4v) is 2.22. The zero-order chi connectivity index (χ0) is 13.0. The molecule has 2 rings (SSSR count). The van der Waals surface area contributed by atoms with Gasteiger partial charge in [0.15, 0.2) is 0 Å². The second kappa shape index (κ2) is 5.67. The summed E-state index contributed by atoms with van der Waals surface area (Å²) in [6.07, 6.45) is 1.41. The lowest BCUT2D eigenvalue weighted by Crippen LogP contribution is -2.40. The molecule has 18 heavy (non-hydrogen) atoms. The zero-order valence-electron chi connectivity index (χ0n) is 10.5. The highest BCUT2D eigenvalue weighted by atomic mass is 16.2. The quantitative estimate of drug-likeness (QED) is 0.844. The molecule has 1 aliphatic heterocycles. The lowest BCUT2D eigenvalue weighted by molar-refractivity contribution is -0.121. The number of hydrogen-bond donors (Lipinski definition) is 2. The molecule has 4 nitrogen and oxygen atoms in total. The van der Waals surface area contributed by atoms with Crippen LogP contribution in [0.3, 0.4) is 0 Å². The first kappa shape index (κ1) is 12.6. The van der Waals surface area contributed by atoms with E-state index in [2.05, 4.69) is 10.6 Å². The van der Waals surface area contributed by atoms with Gasteiger partial charge in [-0.15, -0.1) is 0 Å². The molecule has 1 aromatic rings. The van der Waals surface area contributed by atoms with Gasteiger partial charge in [0.2, 0.25) is 5.91 Å². The third kappa shape index (κ3) is 2.70. The van der Waals surface area contributed by atoms with Crippen molar-refractivity contribution in [1.29, 1.82) is 0 Å². The molecule has 2 amide bonds. The largest absolute Gasteiger partial charge is 0.355 e. The predicted molar refractivity (Wildman–Crippen MR) is 69.4 cm³/mol. The van der Waals surface area contributed by atoms with Crippen molar-refractivity contribution in [2.45, 2.75) is 25.7 Å². The van der Waals surface area contributed by atoms with E-state index in [0.29, 0.717) is 19.5 Å². The summed E-state index contributed by atoms with van der Waals surface area (Å²) < 4.78 is 0. The van der Waals surface area contributed by atoms with Gasteiger partial charge in [-0.25, -0.2) is 0 Å². The number of nitrogens with one attached hydrogen (secondary N) is 2. The summed E-state index contributed by atoms with van der Waals surface area (Å²) in [5, 5.41) is 5.77. The van der Waals surface area contributed by atoms with Crippen molar-refractivity contribution in [1.82, 2.24) is 10.6 Å². The van der Waals surface area contributed by atoms with Crippen LogP contribution in [0, 0.1) is 0 Å². The standard InChI is InChI=1S/C14H18N2O2/c1-2-5-13(17)15-8-10-9-16-14(18)12-7-4-3-6-11(10)12/h3-4,6-7,10H,2,5,8-9H2,1H3,(H,15,17)(H,16,18). The number of carbonyl (C=O) groups is 2. The van der Waals surface area contributed by atoms with Crippen LogP contribution in [0.5, 0.6) is 0 Å². The second-order valence-electron chi connectivity index (χ2n) is 4.55. The molecule has 0 spiro atoms. The summed E-state index contributed by atoms with van der Waals surface area (Å²) in [6.45, 7) is 3.15. The van der Waals surface area contributed by atoms with Gasteiger partial charge in [-0.05, 0) is 18.1 Å². The molecule has 96 valence electrons. The first-order valence-electron chi connectivity index (χ1n) is 6.36. The van der Waals surface area contributed by atoms with E-state index < -0.39 is 0 Å². The van der Waals surface area contributed by atoms with Gasteiger partial charge in [-0.3, -0.25) is 9.59 Å². The lowest BCUT2D eigenvalue weighted by Gasteiger charge is -2.25. The van der Waals surface area contributed by atoms with Gasteiger partial charge in [0.05, 0.1) is 0 Å². The van der Waals surface area contributed by atoms with E-state index in [1.54, 1.807) is 0 Å². The van der Waals surface area contributed by atoms with E-state index in [1.807, 2.05) is 31.2 Å². The third-order valence-electron chi connectivity index (χ3n) is 3.18. The van der Waals surface area contributed by atoms with Crippen molar-refractivity contribution < 1.29 is 9.59 Å². The average Bonchev–Trinajstić information content (AvgIpc) is 2.39. The number of benzene rings is 1. The minimum atomic E-state index is -0.0262. The Labute approximate surface area is 107 Å². The Morgan fingerprint density at radius 3 is 3.00 bits per heavy atom. The molecule has 1 heterocycles. The Bertz CT molecular complexity index is 457. The molecule has 0 saturated carbocycles. The molecule has 1 unspecified atom stereocenters. The van der Waals surface area contributed by atoms with Gasteiger partial charge in [-0.2, -0.15) is 0 Å². The van der Waals surface area contributed by atoms with E-state index in [4.69, 9.17) is 0 Å². The molecule has 1 aliphatic rings. The summed E-state index contributed by atoms with van der Waals surface area (Å²) in [7, 11) is 0. The van der Waals surface area contributed by atoms with E-state index in [-0.39, 0.29) is 17.7 Å². The van der Waals surface area contributed by atoms with Gasteiger partial charge in [0.1, 0.15) is 0 Å². The first-order chi connectivity index (χ1) is 8.72. The van der Waals surface area contributed by atoms with E-state index in [9.17, 15) is 9.59 Å². The van der Waals surface area contributed by atoms with Crippen molar-refractivity contribution in [2.24, 2.45) is 0 Å². The van der Waals surface area contributed by atoms with Gasteiger partial charge >= 0.3 is 0 Å². The molecule has 0 bridgehead atoms. The fourth-order valence-electron chi connectivity index (χ4n) is 2.22. The van der Waals surface area contributed by atoms with Crippen molar-refractivity contribution in [3.63, 3.8) is 0 Å². The fraction of sp³-hybridized carbons (Fsp3) is 0.429. The van der Waals surface area contributed by atoms with Crippen molar-refractivity contribution in [2.75, 3.05) is 13.1 Å². The molecule has 0 aromatic heterocycles. The molecule has 4 heteroatoms. The minimum Gasteiger partial charge on any atom is -0.355 e. The second-order valence-corrected chi connectivity index (χ2v) is 4.55. The van der Waals surface area contributed by atoms with Crippen LogP contribution in [0.25, 0.3) is 0 Å².